The molecule has 138 valence electrons. The van der Waals surface area contributed by atoms with E-state index < -0.39 is 16.7 Å². The Labute approximate surface area is 155 Å². The molecule has 0 saturated carbocycles. The van der Waals surface area contributed by atoms with Crippen LogP contribution < -0.4 is 10.2 Å². The van der Waals surface area contributed by atoms with Gasteiger partial charge < -0.3 is 14.6 Å². The van der Waals surface area contributed by atoms with Gasteiger partial charge in [0.1, 0.15) is 4.92 Å². The fourth-order valence-corrected chi connectivity index (χ4v) is 2.71. The highest BCUT2D eigenvalue weighted by Crippen LogP contribution is 2.21. The van der Waals surface area contributed by atoms with E-state index in [-0.39, 0.29) is 18.2 Å². The number of carbonyl (C=O) groups is 2. The van der Waals surface area contributed by atoms with Crippen molar-refractivity contribution in [2.45, 2.75) is 19.3 Å². The molecule has 1 aliphatic heterocycles. The SMILES string of the molecule is O=C(NCC#Cc1ccc(N2CCCCC2=O)cc1)c1ccc([N+](=O)[O-])o1. The molecule has 0 bridgehead atoms. The fraction of sp³-hybridized carbons (Fsp3) is 0.263. The Balaban J connectivity index is 1.54. The molecule has 2 amide bonds. The molecule has 1 saturated heterocycles. The molecule has 0 spiro atoms. The fourth-order valence-electron chi connectivity index (χ4n) is 2.71. The number of benzene rings is 1. The predicted octanol–water partition coefficient (Wildman–Crippen LogP) is 2.49. The summed E-state index contributed by atoms with van der Waals surface area (Å²) in [6.45, 7) is 0.806. The number of nitro groups is 1. The van der Waals surface area contributed by atoms with Crippen LogP contribution in [0.15, 0.2) is 40.8 Å². The quantitative estimate of drug-likeness (QED) is 0.508. The van der Waals surface area contributed by atoms with E-state index in [0.29, 0.717) is 6.42 Å². The van der Waals surface area contributed by atoms with E-state index in [1.807, 2.05) is 24.3 Å². The highest BCUT2D eigenvalue weighted by Gasteiger charge is 2.19. The Morgan fingerprint density at radius 2 is 2.00 bits per heavy atom. The van der Waals surface area contributed by atoms with Crippen LogP contribution in [-0.4, -0.2) is 29.8 Å². The van der Waals surface area contributed by atoms with Crippen molar-refractivity contribution in [1.29, 1.82) is 0 Å². The van der Waals surface area contributed by atoms with Gasteiger partial charge in [0.25, 0.3) is 5.91 Å². The molecule has 1 N–H and O–H groups in total. The number of hydrogen-bond acceptors (Lipinski definition) is 5. The normalized spacial score (nSPS) is 13.6. The Bertz CT molecular complexity index is 921. The number of rotatable bonds is 4. The second-order valence-electron chi connectivity index (χ2n) is 5.93. The third-order valence-corrected chi connectivity index (χ3v) is 4.07. The molecule has 0 radical (unpaired) electrons. The van der Waals surface area contributed by atoms with Crippen molar-refractivity contribution in [2.75, 3.05) is 18.0 Å². The number of anilines is 1. The molecule has 8 heteroatoms. The summed E-state index contributed by atoms with van der Waals surface area (Å²) in [6, 6.07) is 9.71. The van der Waals surface area contributed by atoms with Crippen LogP contribution in [0.3, 0.4) is 0 Å². The molecule has 3 rings (SSSR count). The summed E-state index contributed by atoms with van der Waals surface area (Å²) in [5.74, 6) is 4.65. The summed E-state index contributed by atoms with van der Waals surface area (Å²) in [5, 5.41) is 13.0. The summed E-state index contributed by atoms with van der Waals surface area (Å²) in [6.07, 6.45) is 2.53. The first-order valence-corrected chi connectivity index (χ1v) is 8.46. The lowest BCUT2D eigenvalue weighted by atomic mass is 10.1. The summed E-state index contributed by atoms with van der Waals surface area (Å²) in [4.78, 5) is 35.3. The number of amides is 2. The van der Waals surface area contributed by atoms with E-state index in [9.17, 15) is 19.7 Å². The van der Waals surface area contributed by atoms with Gasteiger partial charge in [-0.1, -0.05) is 11.8 Å². The monoisotopic (exact) mass is 367 g/mol. The van der Waals surface area contributed by atoms with Gasteiger partial charge in [-0.25, -0.2) is 0 Å². The number of furan rings is 1. The third kappa shape index (κ3) is 4.52. The standard InChI is InChI=1S/C19H17N3O5/c23-17-5-1-2-13-21(17)15-8-6-14(7-9-15)4-3-12-20-19(24)16-10-11-18(27-16)22(25)26/h6-11H,1-2,5,12-13H2,(H,20,24). The molecule has 8 nitrogen and oxygen atoms in total. The lowest BCUT2D eigenvalue weighted by molar-refractivity contribution is -0.402. The topological polar surface area (TPSA) is 106 Å². The van der Waals surface area contributed by atoms with Crippen LogP contribution in [0.25, 0.3) is 0 Å². The van der Waals surface area contributed by atoms with Gasteiger partial charge in [0.15, 0.2) is 5.76 Å². The molecule has 1 aromatic heterocycles. The van der Waals surface area contributed by atoms with Gasteiger partial charge in [-0.2, -0.15) is 0 Å². The van der Waals surface area contributed by atoms with Crippen molar-refractivity contribution in [2.24, 2.45) is 0 Å². The van der Waals surface area contributed by atoms with Gasteiger partial charge in [-0.3, -0.25) is 19.7 Å². The molecule has 0 unspecified atom stereocenters. The summed E-state index contributed by atoms with van der Waals surface area (Å²) in [5.41, 5.74) is 1.61. The molecule has 1 aromatic carbocycles. The van der Waals surface area contributed by atoms with Crippen molar-refractivity contribution in [3.63, 3.8) is 0 Å². The highest BCUT2D eigenvalue weighted by atomic mass is 16.6. The van der Waals surface area contributed by atoms with Crippen LogP contribution in [0.4, 0.5) is 11.6 Å². The second kappa shape index (κ2) is 8.19. The van der Waals surface area contributed by atoms with Gasteiger partial charge in [-0.05, 0) is 43.2 Å². The average molecular weight is 367 g/mol. The van der Waals surface area contributed by atoms with E-state index in [4.69, 9.17) is 4.42 Å². The zero-order valence-electron chi connectivity index (χ0n) is 14.4. The number of hydrogen-bond donors (Lipinski definition) is 1. The Kier molecular flexibility index (Phi) is 5.52. The van der Waals surface area contributed by atoms with E-state index in [0.717, 1.165) is 36.7 Å². The maximum absolute atomic E-state index is 11.9. The van der Waals surface area contributed by atoms with Gasteiger partial charge in [-0.15, -0.1) is 0 Å². The van der Waals surface area contributed by atoms with Crippen LogP contribution in [0, 0.1) is 22.0 Å². The third-order valence-electron chi connectivity index (χ3n) is 4.07. The molecule has 27 heavy (non-hydrogen) atoms. The molecule has 2 heterocycles. The Hall–Kier alpha value is -3.60. The smallest absolute Gasteiger partial charge is 0.395 e. The van der Waals surface area contributed by atoms with E-state index in [2.05, 4.69) is 17.2 Å². The summed E-state index contributed by atoms with van der Waals surface area (Å²) < 4.78 is 4.81. The summed E-state index contributed by atoms with van der Waals surface area (Å²) >= 11 is 0. The minimum absolute atomic E-state index is 0.0691. The molecule has 0 atom stereocenters. The zero-order chi connectivity index (χ0) is 19.2. The first kappa shape index (κ1) is 18.2. The highest BCUT2D eigenvalue weighted by molar-refractivity contribution is 5.94. The first-order chi connectivity index (χ1) is 13.0. The predicted molar refractivity (Wildman–Crippen MR) is 97.2 cm³/mol. The second-order valence-corrected chi connectivity index (χ2v) is 5.93. The van der Waals surface area contributed by atoms with Gasteiger partial charge >= 0.3 is 5.88 Å². The van der Waals surface area contributed by atoms with Crippen molar-refractivity contribution in [3.05, 3.63) is 57.8 Å². The molecule has 0 aliphatic carbocycles. The molecular weight excluding hydrogens is 350 g/mol. The van der Waals surface area contributed by atoms with Crippen molar-refractivity contribution < 1.29 is 18.9 Å². The van der Waals surface area contributed by atoms with Crippen molar-refractivity contribution >= 4 is 23.4 Å². The minimum atomic E-state index is -0.711. The Morgan fingerprint density at radius 1 is 1.22 bits per heavy atom. The average Bonchev–Trinajstić information content (AvgIpc) is 3.17. The van der Waals surface area contributed by atoms with Crippen molar-refractivity contribution in [1.82, 2.24) is 5.32 Å². The molecule has 2 aromatic rings. The number of nitrogens with one attached hydrogen (secondary N) is 1. The zero-order valence-corrected chi connectivity index (χ0v) is 14.4. The molecule has 1 fully saturated rings. The van der Waals surface area contributed by atoms with Crippen LogP contribution in [0.1, 0.15) is 35.4 Å². The number of nitrogens with zero attached hydrogens (tertiary/aromatic N) is 2. The van der Waals surface area contributed by atoms with Gasteiger partial charge in [0.2, 0.25) is 5.91 Å². The molecule has 1 aliphatic rings. The van der Waals surface area contributed by atoms with Gasteiger partial charge in [0.05, 0.1) is 12.6 Å². The first-order valence-electron chi connectivity index (χ1n) is 8.46. The maximum Gasteiger partial charge on any atom is 0.433 e. The minimum Gasteiger partial charge on any atom is -0.395 e. The largest absolute Gasteiger partial charge is 0.433 e. The van der Waals surface area contributed by atoms with Crippen LogP contribution in [0.5, 0.6) is 0 Å². The van der Waals surface area contributed by atoms with Crippen LogP contribution in [0.2, 0.25) is 0 Å². The molecular formula is C19H17N3O5. The Morgan fingerprint density at radius 3 is 2.67 bits per heavy atom. The lowest BCUT2D eigenvalue weighted by Crippen LogP contribution is -2.35. The van der Waals surface area contributed by atoms with E-state index in [1.165, 1.54) is 6.07 Å². The maximum atomic E-state index is 11.9. The van der Waals surface area contributed by atoms with E-state index in [1.54, 1.807) is 4.90 Å². The summed E-state index contributed by atoms with van der Waals surface area (Å²) in [7, 11) is 0. The van der Waals surface area contributed by atoms with Crippen molar-refractivity contribution in [3.8, 4) is 11.8 Å². The van der Waals surface area contributed by atoms with E-state index >= 15 is 0 Å². The van der Waals surface area contributed by atoms with Gasteiger partial charge in [0, 0.05) is 24.2 Å². The number of piperidine rings is 1. The number of carbonyl (C=O) groups excluding carboxylic acids is 2. The van der Waals surface area contributed by atoms with Crippen LogP contribution >= 0.6 is 0 Å². The lowest BCUT2D eigenvalue weighted by Gasteiger charge is -2.26. The van der Waals surface area contributed by atoms with Crippen LogP contribution in [-0.2, 0) is 4.79 Å².